The van der Waals surface area contributed by atoms with Gasteiger partial charge in [-0.05, 0) is 20.3 Å². The third kappa shape index (κ3) is 4.09. The van der Waals surface area contributed by atoms with Crippen LogP contribution in [-0.4, -0.2) is 53.9 Å². The lowest BCUT2D eigenvalue weighted by molar-refractivity contribution is -0.188. The molecule has 110 valence electrons. The highest BCUT2D eigenvalue weighted by molar-refractivity contribution is 5.83. The van der Waals surface area contributed by atoms with Crippen molar-refractivity contribution >= 4 is 11.9 Å². The zero-order valence-corrected chi connectivity index (χ0v) is 10.7. The highest BCUT2D eigenvalue weighted by atomic mass is 19.4. The van der Waals surface area contributed by atoms with E-state index in [2.05, 4.69) is 4.74 Å². The molecule has 2 atom stereocenters. The number of halogens is 3. The van der Waals surface area contributed by atoms with E-state index in [0.29, 0.717) is 0 Å². The predicted octanol–water partition coefficient (Wildman–Crippen LogP) is 1.28. The summed E-state index contributed by atoms with van der Waals surface area (Å²) < 4.78 is 40.3. The monoisotopic (exact) mass is 283 g/mol. The summed E-state index contributed by atoms with van der Waals surface area (Å²) in [6.45, 7) is 1.43. The lowest BCUT2D eigenvalue weighted by Gasteiger charge is -2.23. The van der Waals surface area contributed by atoms with E-state index < -0.39 is 36.2 Å². The molecule has 1 fully saturated rings. The molecule has 0 aromatic carbocycles. The fourth-order valence-corrected chi connectivity index (χ4v) is 1.87. The molecule has 8 heteroatoms. The largest absolute Gasteiger partial charge is 0.481 e. The number of aliphatic carboxylic acids is 1. The Morgan fingerprint density at radius 1 is 1.47 bits per heavy atom. The molecule has 0 saturated carbocycles. The average molecular weight is 283 g/mol. The first-order valence-corrected chi connectivity index (χ1v) is 5.76. The van der Waals surface area contributed by atoms with Crippen LogP contribution in [0.2, 0.25) is 0 Å². The van der Waals surface area contributed by atoms with Gasteiger partial charge < -0.3 is 14.7 Å². The van der Waals surface area contributed by atoms with Crippen molar-refractivity contribution in [2.45, 2.75) is 32.5 Å². The lowest BCUT2D eigenvalue weighted by atomic mass is 9.90. The quantitative estimate of drug-likeness (QED) is 0.844. The van der Waals surface area contributed by atoms with Crippen LogP contribution in [0.15, 0.2) is 0 Å². The SMILES string of the molecule is C[C@@H](OCC(F)(F)F)C(=O)N1CC[C@@](C)(C(=O)O)C1. The van der Waals surface area contributed by atoms with E-state index in [1.807, 2.05) is 0 Å². The van der Waals surface area contributed by atoms with Gasteiger partial charge in [0.25, 0.3) is 5.91 Å². The molecule has 5 nitrogen and oxygen atoms in total. The fourth-order valence-electron chi connectivity index (χ4n) is 1.87. The van der Waals surface area contributed by atoms with Gasteiger partial charge in [-0.2, -0.15) is 13.2 Å². The highest BCUT2D eigenvalue weighted by Crippen LogP contribution is 2.30. The third-order valence-corrected chi connectivity index (χ3v) is 3.15. The maximum absolute atomic E-state index is 12.0. The van der Waals surface area contributed by atoms with Crippen LogP contribution in [0, 0.1) is 5.41 Å². The van der Waals surface area contributed by atoms with Crippen LogP contribution in [0.5, 0.6) is 0 Å². The Kier molecular flexibility index (Phi) is 4.44. The first-order valence-electron chi connectivity index (χ1n) is 5.76. The molecule has 0 aromatic heterocycles. The minimum absolute atomic E-state index is 0.0130. The molecule has 0 aliphatic carbocycles. The van der Waals surface area contributed by atoms with Gasteiger partial charge in [-0.1, -0.05) is 0 Å². The van der Waals surface area contributed by atoms with Crippen LogP contribution < -0.4 is 0 Å². The molecule has 1 aliphatic heterocycles. The maximum atomic E-state index is 12.0. The highest BCUT2D eigenvalue weighted by Gasteiger charge is 2.43. The van der Waals surface area contributed by atoms with Crippen LogP contribution in [0.1, 0.15) is 20.3 Å². The van der Waals surface area contributed by atoms with E-state index >= 15 is 0 Å². The number of hydrogen-bond donors (Lipinski definition) is 1. The molecule has 19 heavy (non-hydrogen) atoms. The second-order valence-corrected chi connectivity index (χ2v) is 4.94. The number of ether oxygens (including phenoxy) is 1. The first kappa shape index (κ1) is 15.7. The van der Waals surface area contributed by atoms with E-state index in [1.165, 1.54) is 18.7 Å². The second-order valence-electron chi connectivity index (χ2n) is 4.94. The minimum Gasteiger partial charge on any atom is -0.481 e. The summed E-state index contributed by atoms with van der Waals surface area (Å²) in [5, 5.41) is 9.00. The normalized spacial score (nSPS) is 25.4. The van der Waals surface area contributed by atoms with Crippen molar-refractivity contribution in [2.24, 2.45) is 5.41 Å². The van der Waals surface area contributed by atoms with Crippen LogP contribution in [0.25, 0.3) is 0 Å². The van der Waals surface area contributed by atoms with Crippen molar-refractivity contribution in [1.82, 2.24) is 4.90 Å². The first-order chi connectivity index (χ1) is 8.55. The molecule has 1 aliphatic rings. The lowest BCUT2D eigenvalue weighted by Crippen LogP contribution is -2.41. The smallest absolute Gasteiger partial charge is 0.411 e. The van der Waals surface area contributed by atoms with Gasteiger partial charge in [0.05, 0.1) is 5.41 Å². The van der Waals surface area contributed by atoms with Crippen molar-refractivity contribution in [3.63, 3.8) is 0 Å². The number of amides is 1. The number of carboxylic acids is 1. The zero-order valence-electron chi connectivity index (χ0n) is 10.7. The molecular formula is C11H16F3NO4. The maximum Gasteiger partial charge on any atom is 0.411 e. The molecule has 1 rings (SSSR count). The molecule has 1 heterocycles. The van der Waals surface area contributed by atoms with Crippen LogP contribution in [0.4, 0.5) is 13.2 Å². The Balaban J connectivity index is 2.53. The predicted molar refractivity (Wildman–Crippen MR) is 58.4 cm³/mol. The summed E-state index contributed by atoms with van der Waals surface area (Å²) in [7, 11) is 0. The fraction of sp³-hybridized carbons (Fsp3) is 0.818. The number of carbonyl (C=O) groups is 2. The van der Waals surface area contributed by atoms with Crippen molar-refractivity contribution in [3.8, 4) is 0 Å². The molecule has 0 unspecified atom stereocenters. The summed E-state index contributed by atoms with van der Waals surface area (Å²) in [5.41, 5.74) is -1.04. The number of alkyl halides is 3. The van der Waals surface area contributed by atoms with Gasteiger partial charge in [0.2, 0.25) is 0 Å². The summed E-state index contributed by atoms with van der Waals surface area (Å²) in [5.74, 6) is -1.64. The van der Waals surface area contributed by atoms with Crippen LogP contribution >= 0.6 is 0 Å². The molecule has 1 saturated heterocycles. The molecule has 1 amide bonds. The number of carboxylic acid groups (broad SMARTS) is 1. The standard InChI is InChI=1S/C11H16F3NO4/c1-7(19-6-11(12,13)14)8(16)15-4-3-10(2,5-15)9(17)18/h7H,3-6H2,1-2H3,(H,17,18)/t7-,10-/m1/s1. The zero-order chi connectivity index (χ0) is 14.8. The topological polar surface area (TPSA) is 66.8 Å². The van der Waals surface area contributed by atoms with Crippen molar-refractivity contribution in [1.29, 1.82) is 0 Å². The second kappa shape index (κ2) is 5.36. The van der Waals surface area contributed by atoms with Crippen molar-refractivity contribution in [3.05, 3.63) is 0 Å². The molecule has 1 N–H and O–H groups in total. The van der Waals surface area contributed by atoms with Gasteiger partial charge in [0.15, 0.2) is 0 Å². The Bertz CT molecular complexity index is 371. The van der Waals surface area contributed by atoms with Crippen molar-refractivity contribution in [2.75, 3.05) is 19.7 Å². The van der Waals surface area contributed by atoms with Crippen LogP contribution in [-0.2, 0) is 14.3 Å². The summed E-state index contributed by atoms with van der Waals surface area (Å²) in [6.07, 6.45) is -5.45. The number of likely N-dealkylation sites (tertiary alicyclic amines) is 1. The number of nitrogens with zero attached hydrogens (tertiary/aromatic N) is 1. The van der Waals surface area contributed by atoms with E-state index in [4.69, 9.17) is 5.11 Å². The van der Waals surface area contributed by atoms with Gasteiger partial charge in [0.1, 0.15) is 12.7 Å². The van der Waals surface area contributed by atoms with Gasteiger partial charge >= 0.3 is 12.1 Å². The van der Waals surface area contributed by atoms with Gasteiger partial charge in [-0.3, -0.25) is 9.59 Å². The Morgan fingerprint density at radius 3 is 2.47 bits per heavy atom. The Hall–Kier alpha value is -1.31. The van der Waals surface area contributed by atoms with E-state index in [1.54, 1.807) is 0 Å². The summed E-state index contributed by atoms with van der Waals surface area (Å²) >= 11 is 0. The van der Waals surface area contributed by atoms with E-state index in [-0.39, 0.29) is 19.5 Å². The minimum atomic E-state index is -4.49. The van der Waals surface area contributed by atoms with E-state index in [0.717, 1.165) is 0 Å². The van der Waals surface area contributed by atoms with E-state index in [9.17, 15) is 22.8 Å². The van der Waals surface area contributed by atoms with Gasteiger partial charge in [0, 0.05) is 13.1 Å². The molecule has 0 radical (unpaired) electrons. The third-order valence-electron chi connectivity index (χ3n) is 3.15. The molecule has 0 bridgehead atoms. The summed E-state index contributed by atoms with van der Waals surface area (Å²) in [4.78, 5) is 24.0. The van der Waals surface area contributed by atoms with Gasteiger partial charge in [-0.15, -0.1) is 0 Å². The molecule has 0 aromatic rings. The molecular weight excluding hydrogens is 267 g/mol. The Morgan fingerprint density at radius 2 is 2.05 bits per heavy atom. The average Bonchev–Trinajstić information content (AvgIpc) is 2.68. The Labute approximate surface area is 108 Å². The molecule has 0 spiro atoms. The van der Waals surface area contributed by atoms with Gasteiger partial charge in [-0.25, -0.2) is 0 Å². The summed E-state index contributed by atoms with van der Waals surface area (Å²) in [6, 6.07) is 0. The van der Waals surface area contributed by atoms with Crippen LogP contribution in [0.3, 0.4) is 0 Å². The van der Waals surface area contributed by atoms with Crippen molar-refractivity contribution < 1.29 is 32.6 Å². The number of hydrogen-bond acceptors (Lipinski definition) is 3. The number of rotatable bonds is 4. The number of carbonyl (C=O) groups excluding carboxylic acids is 1.